The first-order chi connectivity index (χ1) is 7.25. The standard InChI is InChI=1S/C12H17NOS/c1-10-2-3-12(14)11(8-10)9-13-4-6-15-7-5-13/h2-3,8,14H,4-7,9H2,1H3. The van der Waals surface area contributed by atoms with Crippen LogP contribution in [-0.4, -0.2) is 34.6 Å². The van der Waals surface area contributed by atoms with E-state index in [4.69, 9.17) is 0 Å². The predicted octanol–water partition coefficient (Wildman–Crippen LogP) is 2.25. The number of aromatic hydroxyl groups is 1. The molecule has 1 aliphatic heterocycles. The summed E-state index contributed by atoms with van der Waals surface area (Å²) in [6, 6.07) is 5.82. The maximum atomic E-state index is 9.73. The van der Waals surface area contributed by atoms with Gasteiger partial charge in [-0.25, -0.2) is 0 Å². The number of hydrogen-bond acceptors (Lipinski definition) is 3. The van der Waals surface area contributed by atoms with Crippen LogP contribution in [0.1, 0.15) is 11.1 Å². The second kappa shape index (κ2) is 4.90. The van der Waals surface area contributed by atoms with Crippen molar-refractivity contribution in [3.63, 3.8) is 0 Å². The summed E-state index contributed by atoms with van der Waals surface area (Å²) in [4.78, 5) is 2.41. The molecule has 0 aromatic heterocycles. The molecule has 0 amide bonds. The van der Waals surface area contributed by atoms with Crippen molar-refractivity contribution in [1.29, 1.82) is 0 Å². The van der Waals surface area contributed by atoms with E-state index in [0.29, 0.717) is 5.75 Å². The monoisotopic (exact) mass is 223 g/mol. The first kappa shape index (κ1) is 10.8. The lowest BCUT2D eigenvalue weighted by Crippen LogP contribution is -2.31. The number of hydrogen-bond donors (Lipinski definition) is 1. The van der Waals surface area contributed by atoms with Gasteiger partial charge in [-0.05, 0) is 13.0 Å². The highest BCUT2D eigenvalue weighted by Gasteiger charge is 2.12. The fourth-order valence-corrected chi connectivity index (χ4v) is 2.82. The van der Waals surface area contributed by atoms with Gasteiger partial charge in [0.2, 0.25) is 0 Å². The van der Waals surface area contributed by atoms with Crippen LogP contribution in [0, 0.1) is 6.92 Å². The second-order valence-electron chi connectivity index (χ2n) is 4.02. The van der Waals surface area contributed by atoms with Crippen LogP contribution in [0.5, 0.6) is 5.75 Å². The molecule has 1 N–H and O–H groups in total. The molecule has 1 fully saturated rings. The molecule has 0 radical (unpaired) electrons. The van der Waals surface area contributed by atoms with Crippen molar-refractivity contribution in [2.24, 2.45) is 0 Å². The highest BCUT2D eigenvalue weighted by atomic mass is 32.2. The summed E-state index contributed by atoms with van der Waals surface area (Å²) in [5.74, 6) is 2.86. The van der Waals surface area contributed by atoms with Crippen molar-refractivity contribution < 1.29 is 5.11 Å². The van der Waals surface area contributed by atoms with E-state index < -0.39 is 0 Å². The zero-order chi connectivity index (χ0) is 10.7. The average Bonchev–Trinajstić information content (AvgIpc) is 2.25. The third-order valence-corrected chi connectivity index (χ3v) is 3.68. The fraction of sp³-hybridized carbons (Fsp3) is 0.500. The number of phenolic OH excluding ortho intramolecular Hbond substituents is 1. The summed E-state index contributed by atoms with van der Waals surface area (Å²) in [6.07, 6.45) is 0. The molecule has 0 bridgehead atoms. The molecule has 0 unspecified atom stereocenters. The van der Waals surface area contributed by atoms with Crippen LogP contribution in [-0.2, 0) is 6.54 Å². The van der Waals surface area contributed by atoms with Crippen LogP contribution in [0.15, 0.2) is 18.2 Å². The van der Waals surface area contributed by atoms with E-state index in [9.17, 15) is 5.11 Å². The predicted molar refractivity (Wildman–Crippen MR) is 65.4 cm³/mol. The molecule has 82 valence electrons. The van der Waals surface area contributed by atoms with E-state index in [1.807, 2.05) is 17.8 Å². The summed E-state index contributed by atoms with van der Waals surface area (Å²) in [7, 11) is 0. The Labute approximate surface area is 95.3 Å². The van der Waals surface area contributed by atoms with Crippen molar-refractivity contribution >= 4 is 11.8 Å². The Kier molecular flexibility index (Phi) is 3.54. The Bertz CT molecular complexity index is 334. The Hall–Kier alpha value is -0.670. The summed E-state index contributed by atoms with van der Waals surface area (Å²) < 4.78 is 0. The summed E-state index contributed by atoms with van der Waals surface area (Å²) in [6.45, 7) is 5.22. The maximum absolute atomic E-state index is 9.73. The molecular formula is C12H17NOS. The minimum Gasteiger partial charge on any atom is -0.508 e. The van der Waals surface area contributed by atoms with Gasteiger partial charge >= 0.3 is 0 Å². The first-order valence-electron chi connectivity index (χ1n) is 5.34. The molecule has 2 nitrogen and oxygen atoms in total. The van der Waals surface area contributed by atoms with Gasteiger partial charge < -0.3 is 5.11 Å². The number of aryl methyl sites for hydroxylation is 1. The summed E-state index contributed by atoms with van der Waals surface area (Å²) in [5.41, 5.74) is 2.27. The second-order valence-corrected chi connectivity index (χ2v) is 5.25. The summed E-state index contributed by atoms with van der Waals surface area (Å²) in [5, 5.41) is 9.73. The third kappa shape index (κ3) is 2.89. The minimum absolute atomic E-state index is 0.429. The Morgan fingerprint density at radius 1 is 1.33 bits per heavy atom. The Morgan fingerprint density at radius 2 is 2.07 bits per heavy atom. The molecule has 1 heterocycles. The molecule has 3 heteroatoms. The first-order valence-corrected chi connectivity index (χ1v) is 6.50. The lowest BCUT2D eigenvalue weighted by atomic mass is 10.1. The van der Waals surface area contributed by atoms with E-state index >= 15 is 0 Å². The van der Waals surface area contributed by atoms with Gasteiger partial charge in [-0.15, -0.1) is 0 Å². The van der Waals surface area contributed by atoms with Gasteiger partial charge in [-0.3, -0.25) is 4.90 Å². The molecule has 0 aliphatic carbocycles. The van der Waals surface area contributed by atoms with Gasteiger partial charge in [0.1, 0.15) is 5.75 Å². The molecule has 1 aromatic carbocycles. The smallest absolute Gasteiger partial charge is 0.120 e. The lowest BCUT2D eigenvalue weighted by molar-refractivity contribution is 0.289. The zero-order valence-corrected chi connectivity index (χ0v) is 9.89. The average molecular weight is 223 g/mol. The van der Waals surface area contributed by atoms with E-state index in [2.05, 4.69) is 17.9 Å². The van der Waals surface area contributed by atoms with E-state index in [-0.39, 0.29) is 0 Å². The molecule has 2 rings (SSSR count). The van der Waals surface area contributed by atoms with Gasteiger partial charge in [0.05, 0.1) is 0 Å². The normalized spacial score (nSPS) is 17.9. The third-order valence-electron chi connectivity index (χ3n) is 2.73. The van der Waals surface area contributed by atoms with E-state index in [1.165, 1.54) is 17.1 Å². The molecule has 1 saturated heterocycles. The molecule has 0 saturated carbocycles. The van der Waals surface area contributed by atoms with Gasteiger partial charge in [-0.1, -0.05) is 17.7 Å². The Morgan fingerprint density at radius 3 is 2.80 bits per heavy atom. The van der Waals surface area contributed by atoms with Gasteiger partial charge in [0.15, 0.2) is 0 Å². The van der Waals surface area contributed by atoms with Crippen LogP contribution >= 0.6 is 11.8 Å². The highest BCUT2D eigenvalue weighted by Crippen LogP contribution is 2.21. The van der Waals surface area contributed by atoms with Crippen molar-refractivity contribution in [3.8, 4) is 5.75 Å². The molecular weight excluding hydrogens is 206 g/mol. The van der Waals surface area contributed by atoms with Gasteiger partial charge in [-0.2, -0.15) is 11.8 Å². The topological polar surface area (TPSA) is 23.5 Å². The fourth-order valence-electron chi connectivity index (χ4n) is 1.84. The molecule has 0 atom stereocenters. The SMILES string of the molecule is Cc1ccc(O)c(CN2CCSCC2)c1. The molecule has 0 spiro atoms. The largest absolute Gasteiger partial charge is 0.508 e. The van der Waals surface area contributed by atoms with Crippen LogP contribution in [0.4, 0.5) is 0 Å². The van der Waals surface area contributed by atoms with Crippen LogP contribution < -0.4 is 0 Å². The van der Waals surface area contributed by atoms with Gasteiger partial charge in [0, 0.05) is 36.7 Å². The number of phenols is 1. The number of thioether (sulfide) groups is 1. The van der Waals surface area contributed by atoms with Gasteiger partial charge in [0.25, 0.3) is 0 Å². The van der Waals surface area contributed by atoms with Crippen LogP contribution in [0.2, 0.25) is 0 Å². The van der Waals surface area contributed by atoms with Crippen molar-refractivity contribution in [2.75, 3.05) is 24.6 Å². The number of nitrogens with zero attached hydrogens (tertiary/aromatic N) is 1. The van der Waals surface area contributed by atoms with Crippen molar-refractivity contribution in [1.82, 2.24) is 4.90 Å². The molecule has 1 aliphatic rings. The zero-order valence-electron chi connectivity index (χ0n) is 9.07. The van der Waals surface area contributed by atoms with Crippen molar-refractivity contribution in [2.45, 2.75) is 13.5 Å². The van der Waals surface area contributed by atoms with Crippen molar-refractivity contribution in [3.05, 3.63) is 29.3 Å². The van der Waals surface area contributed by atoms with E-state index in [0.717, 1.165) is 25.2 Å². The number of rotatable bonds is 2. The number of benzene rings is 1. The molecule has 1 aromatic rings. The van der Waals surface area contributed by atoms with Crippen LogP contribution in [0.3, 0.4) is 0 Å². The Balaban J connectivity index is 2.05. The maximum Gasteiger partial charge on any atom is 0.120 e. The highest BCUT2D eigenvalue weighted by molar-refractivity contribution is 7.99. The van der Waals surface area contributed by atoms with Crippen LogP contribution in [0.25, 0.3) is 0 Å². The summed E-state index contributed by atoms with van der Waals surface area (Å²) >= 11 is 2.01. The minimum atomic E-state index is 0.429. The van der Waals surface area contributed by atoms with E-state index in [1.54, 1.807) is 6.07 Å². The lowest BCUT2D eigenvalue weighted by Gasteiger charge is -2.26. The molecule has 15 heavy (non-hydrogen) atoms. The quantitative estimate of drug-likeness (QED) is 0.832.